The largest absolute Gasteiger partial charge is 0.357 e. The summed E-state index contributed by atoms with van der Waals surface area (Å²) < 4.78 is 0. The summed E-state index contributed by atoms with van der Waals surface area (Å²) in [6.07, 6.45) is 4.61. The van der Waals surface area contributed by atoms with Crippen molar-refractivity contribution < 1.29 is 9.59 Å². The van der Waals surface area contributed by atoms with Gasteiger partial charge in [0.05, 0.1) is 11.8 Å². The monoisotopic (exact) mass is 222 g/mol. The molecular formula is C10H14N4O2. The van der Waals surface area contributed by atoms with Crippen LogP contribution in [0.15, 0.2) is 12.4 Å². The average molecular weight is 222 g/mol. The Balaban J connectivity index is 2.14. The van der Waals surface area contributed by atoms with Crippen LogP contribution in [0.5, 0.6) is 0 Å². The van der Waals surface area contributed by atoms with Crippen molar-refractivity contribution in [2.24, 2.45) is 0 Å². The van der Waals surface area contributed by atoms with Crippen molar-refractivity contribution in [1.29, 1.82) is 0 Å². The van der Waals surface area contributed by atoms with E-state index in [9.17, 15) is 9.59 Å². The Hall–Kier alpha value is -1.85. The Morgan fingerprint density at radius 2 is 2.44 bits per heavy atom. The zero-order valence-electron chi connectivity index (χ0n) is 9.06. The predicted molar refractivity (Wildman–Crippen MR) is 56.7 cm³/mol. The molecule has 1 aromatic rings. The van der Waals surface area contributed by atoms with E-state index in [4.69, 9.17) is 0 Å². The van der Waals surface area contributed by atoms with E-state index < -0.39 is 0 Å². The van der Waals surface area contributed by atoms with Crippen molar-refractivity contribution >= 4 is 11.8 Å². The number of hydrogen-bond acceptors (Lipinski definition) is 3. The van der Waals surface area contributed by atoms with Gasteiger partial charge in [0.25, 0.3) is 5.91 Å². The van der Waals surface area contributed by atoms with Crippen molar-refractivity contribution in [3.63, 3.8) is 0 Å². The summed E-state index contributed by atoms with van der Waals surface area (Å²) in [6.45, 7) is 0.627. The van der Waals surface area contributed by atoms with Crippen LogP contribution in [-0.2, 0) is 4.79 Å². The van der Waals surface area contributed by atoms with Gasteiger partial charge in [0, 0.05) is 19.8 Å². The maximum absolute atomic E-state index is 12.0. The second kappa shape index (κ2) is 4.34. The molecule has 2 rings (SSSR count). The van der Waals surface area contributed by atoms with Crippen LogP contribution in [0.3, 0.4) is 0 Å². The number of nitrogens with zero attached hydrogens (tertiary/aromatic N) is 2. The number of carbonyl (C=O) groups is 2. The number of carbonyl (C=O) groups excluding carboxylic acids is 2. The van der Waals surface area contributed by atoms with Crippen LogP contribution in [0.1, 0.15) is 23.2 Å². The van der Waals surface area contributed by atoms with Crippen molar-refractivity contribution in [2.75, 3.05) is 13.6 Å². The molecular weight excluding hydrogens is 208 g/mol. The molecule has 2 N–H and O–H groups in total. The zero-order chi connectivity index (χ0) is 11.5. The number of likely N-dealkylation sites (tertiary alicyclic amines) is 1. The van der Waals surface area contributed by atoms with E-state index in [0.29, 0.717) is 12.1 Å². The lowest BCUT2D eigenvalue weighted by Gasteiger charge is -2.22. The first-order valence-corrected chi connectivity index (χ1v) is 5.25. The molecule has 0 spiro atoms. The third-order valence-corrected chi connectivity index (χ3v) is 2.81. The number of H-pyrrole nitrogens is 1. The fraction of sp³-hybridized carbons (Fsp3) is 0.500. The second-order valence-electron chi connectivity index (χ2n) is 3.76. The SMILES string of the molecule is CNC(=O)C1CCCN1C(=O)c1cn[nH]c1. The molecule has 6 nitrogen and oxygen atoms in total. The highest BCUT2D eigenvalue weighted by molar-refractivity contribution is 5.97. The molecule has 1 unspecified atom stereocenters. The highest BCUT2D eigenvalue weighted by Gasteiger charge is 2.34. The summed E-state index contributed by atoms with van der Waals surface area (Å²) in [5, 5.41) is 8.91. The van der Waals surface area contributed by atoms with E-state index in [0.717, 1.165) is 12.8 Å². The van der Waals surface area contributed by atoms with Gasteiger partial charge < -0.3 is 10.2 Å². The summed E-state index contributed by atoms with van der Waals surface area (Å²) in [7, 11) is 1.58. The fourth-order valence-corrected chi connectivity index (χ4v) is 1.98. The van der Waals surface area contributed by atoms with Crippen molar-refractivity contribution in [3.05, 3.63) is 18.0 Å². The standard InChI is InChI=1S/C10H14N4O2/c1-11-9(15)8-3-2-4-14(8)10(16)7-5-12-13-6-7/h5-6,8H,2-4H2,1H3,(H,11,15)(H,12,13). The zero-order valence-corrected chi connectivity index (χ0v) is 9.06. The quantitative estimate of drug-likeness (QED) is 0.725. The average Bonchev–Trinajstić information content (AvgIpc) is 2.97. The number of likely N-dealkylation sites (N-methyl/N-ethyl adjacent to an activating group) is 1. The van der Waals surface area contributed by atoms with Gasteiger partial charge in [0.2, 0.25) is 5.91 Å². The van der Waals surface area contributed by atoms with E-state index >= 15 is 0 Å². The number of rotatable bonds is 2. The summed E-state index contributed by atoms with van der Waals surface area (Å²) in [5.41, 5.74) is 0.496. The first-order valence-electron chi connectivity index (χ1n) is 5.25. The minimum atomic E-state index is -0.340. The minimum Gasteiger partial charge on any atom is -0.357 e. The van der Waals surface area contributed by atoms with Gasteiger partial charge in [-0.3, -0.25) is 14.7 Å². The molecule has 86 valence electrons. The number of amides is 2. The molecule has 2 heterocycles. The molecule has 1 aliphatic heterocycles. The molecule has 6 heteroatoms. The molecule has 0 saturated carbocycles. The lowest BCUT2D eigenvalue weighted by atomic mass is 10.2. The number of aromatic nitrogens is 2. The van der Waals surface area contributed by atoms with E-state index in [-0.39, 0.29) is 17.9 Å². The summed E-state index contributed by atoms with van der Waals surface area (Å²) in [5.74, 6) is -0.241. The van der Waals surface area contributed by atoms with Gasteiger partial charge in [-0.15, -0.1) is 0 Å². The van der Waals surface area contributed by atoms with Crippen LogP contribution in [0.4, 0.5) is 0 Å². The Bertz CT molecular complexity index is 388. The smallest absolute Gasteiger partial charge is 0.257 e. The van der Waals surface area contributed by atoms with Crippen molar-refractivity contribution in [3.8, 4) is 0 Å². The number of hydrogen-bond donors (Lipinski definition) is 2. The molecule has 1 atom stereocenters. The van der Waals surface area contributed by atoms with Crippen LogP contribution >= 0.6 is 0 Å². The lowest BCUT2D eigenvalue weighted by molar-refractivity contribution is -0.124. The van der Waals surface area contributed by atoms with Gasteiger partial charge in [-0.25, -0.2) is 0 Å². The van der Waals surface area contributed by atoms with E-state index in [2.05, 4.69) is 15.5 Å². The highest BCUT2D eigenvalue weighted by atomic mass is 16.2. The lowest BCUT2D eigenvalue weighted by Crippen LogP contribution is -2.44. The maximum Gasteiger partial charge on any atom is 0.257 e. The normalized spacial score (nSPS) is 19.8. The van der Waals surface area contributed by atoms with Gasteiger partial charge in [-0.05, 0) is 12.8 Å². The topological polar surface area (TPSA) is 78.1 Å². The molecule has 1 aromatic heterocycles. The summed E-state index contributed by atoms with van der Waals surface area (Å²) in [6, 6.07) is -0.340. The summed E-state index contributed by atoms with van der Waals surface area (Å²) >= 11 is 0. The van der Waals surface area contributed by atoms with Crippen LogP contribution < -0.4 is 5.32 Å². The molecule has 2 amide bonds. The van der Waals surface area contributed by atoms with Gasteiger partial charge >= 0.3 is 0 Å². The van der Waals surface area contributed by atoms with Crippen LogP contribution in [0, 0.1) is 0 Å². The summed E-state index contributed by atoms with van der Waals surface area (Å²) in [4.78, 5) is 25.2. The Kier molecular flexibility index (Phi) is 2.89. The molecule has 16 heavy (non-hydrogen) atoms. The third-order valence-electron chi connectivity index (χ3n) is 2.81. The van der Waals surface area contributed by atoms with Gasteiger partial charge in [-0.1, -0.05) is 0 Å². The van der Waals surface area contributed by atoms with E-state index in [1.165, 1.54) is 6.20 Å². The second-order valence-corrected chi connectivity index (χ2v) is 3.76. The molecule has 0 aliphatic carbocycles. The fourth-order valence-electron chi connectivity index (χ4n) is 1.98. The Morgan fingerprint density at radius 1 is 1.62 bits per heavy atom. The van der Waals surface area contributed by atoms with Crippen molar-refractivity contribution in [1.82, 2.24) is 20.4 Å². The first-order chi connectivity index (χ1) is 7.74. The predicted octanol–water partition coefficient (Wildman–Crippen LogP) is -0.240. The van der Waals surface area contributed by atoms with Crippen LogP contribution in [0.2, 0.25) is 0 Å². The Morgan fingerprint density at radius 3 is 3.06 bits per heavy atom. The molecule has 1 fully saturated rings. The van der Waals surface area contributed by atoms with Gasteiger partial charge in [-0.2, -0.15) is 5.10 Å². The van der Waals surface area contributed by atoms with Crippen molar-refractivity contribution in [2.45, 2.75) is 18.9 Å². The molecule has 1 aliphatic rings. The molecule has 1 saturated heterocycles. The van der Waals surface area contributed by atoms with Crippen LogP contribution in [0.25, 0.3) is 0 Å². The van der Waals surface area contributed by atoms with Gasteiger partial charge in [0.1, 0.15) is 6.04 Å². The van der Waals surface area contributed by atoms with E-state index in [1.807, 2.05) is 0 Å². The highest BCUT2D eigenvalue weighted by Crippen LogP contribution is 2.19. The van der Waals surface area contributed by atoms with E-state index in [1.54, 1.807) is 18.1 Å². The maximum atomic E-state index is 12.0. The Labute approximate surface area is 93.0 Å². The minimum absolute atomic E-state index is 0.102. The number of nitrogens with one attached hydrogen (secondary N) is 2. The van der Waals surface area contributed by atoms with Gasteiger partial charge in [0.15, 0.2) is 0 Å². The molecule has 0 bridgehead atoms. The van der Waals surface area contributed by atoms with Crippen LogP contribution in [-0.4, -0.2) is 46.5 Å². The molecule has 0 radical (unpaired) electrons. The third kappa shape index (κ3) is 1.78. The molecule has 0 aromatic carbocycles. The number of aromatic amines is 1. The first kappa shape index (κ1) is 10.7.